The smallest absolute Gasteiger partial charge is 0.266 e. The Morgan fingerprint density at radius 1 is 1.23 bits per heavy atom. The van der Waals surface area contributed by atoms with Gasteiger partial charge in [0.15, 0.2) is 0 Å². The van der Waals surface area contributed by atoms with Crippen LogP contribution in [0.2, 0.25) is 5.02 Å². The molecular weight excluding hydrogens is 478 g/mol. The Bertz CT molecular complexity index is 1240. The molecule has 31 heavy (non-hydrogen) atoms. The number of H-pyrrole nitrogens is 1. The quantitative estimate of drug-likeness (QED) is 0.493. The molecule has 0 saturated carbocycles. The van der Waals surface area contributed by atoms with Gasteiger partial charge in [0.2, 0.25) is 24.1 Å². The number of benzene rings is 1. The Morgan fingerprint density at radius 2 is 1.84 bits per heavy atom. The van der Waals surface area contributed by atoms with Gasteiger partial charge < -0.3 is 14.5 Å². The molecule has 1 aromatic carbocycles. The monoisotopic (exact) mass is 494 g/mol. The van der Waals surface area contributed by atoms with Crippen LogP contribution in [0, 0.1) is 0 Å². The zero-order chi connectivity index (χ0) is 22.9. The van der Waals surface area contributed by atoms with E-state index in [9.17, 15) is 21.4 Å². The van der Waals surface area contributed by atoms with Crippen LogP contribution < -0.4 is 14.2 Å². The van der Waals surface area contributed by atoms with Gasteiger partial charge in [0.25, 0.3) is 10.0 Å². The zero-order valence-corrected chi connectivity index (χ0v) is 18.8. The van der Waals surface area contributed by atoms with Crippen molar-refractivity contribution < 1.29 is 30.9 Å². The molecule has 14 heteroatoms. The molecule has 0 amide bonds. The maximum absolute atomic E-state index is 13.0. The third-order valence-electron chi connectivity index (χ3n) is 4.20. The third-order valence-corrected chi connectivity index (χ3v) is 7.00. The van der Waals surface area contributed by atoms with Crippen molar-refractivity contribution in [3.63, 3.8) is 0 Å². The van der Waals surface area contributed by atoms with E-state index in [1.807, 2.05) is 0 Å². The van der Waals surface area contributed by atoms with Gasteiger partial charge in [0.05, 0.1) is 46.0 Å². The summed E-state index contributed by atoms with van der Waals surface area (Å²) in [5.41, 5.74) is 0.205. The fraction of sp³-hybridized carbons (Fsp3) is 0.294. The minimum atomic E-state index is -4.25. The number of anilines is 1. The Kier molecular flexibility index (Phi) is 6.67. The summed E-state index contributed by atoms with van der Waals surface area (Å²) in [4.78, 5) is 10.6. The number of hydrogen-bond acceptors (Lipinski definition) is 7. The van der Waals surface area contributed by atoms with Crippen LogP contribution in [0.25, 0.3) is 10.9 Å². The summed E-state index contributed by atoms with van der Waals surface area (Å²) in [5, 5.41) is 0.467. The molecule has 3 rings (SSSR count). The molecular formula is C17H17ClF2N4O5S2. The molecule has 0 aliphatic carbocycles. The largest absolute Gasteiger partial charge is 0.481 e. The summed E-state index contributed by atoms with van der Waals surface area (Å²) in [5.74, 6) is -0.937. The van der Waals surface area contributed by atoms with Gasteiger partial charge in [-0.2, -0.15) is 9.97 Å². The molecule has 2 N–H and O–H groups in total. The van der Waals surface area contributed by atoms with Gasteiger partial charge in [-0.05, 0) is 12.1 Å². The van der Waals surface area contributed by atoms with Gasteiger partial charge in [-0.1, -0.05) is 11.6 Å². The van der Waals surface area contributed by atoms with Crippen molar-refractivity contribution in [1.29, 1.82) is 0 Å². The number of sulfonamides is 1. The molecule has 0 bridgehead atoms. The molecule has 0 saturated heterocycles. The van der Waals surface area contributed by atoms with Crippen molar-refractivity contribution in [1.82, 2.24) is 15.0 Å². The molecule has 0 aliphatic rings. The van der Waals surface area contributed by atoms with Gasteiger partial charge in [-0.25, -0.2) is 21.9 Å². The number of aromatic amines is 1. The summed E-state index contributed by atoms with van der Waals surface area (Å²) in [6.45, 7) is 0. The second-order valence-electron chi connectivity index (χ2n) is 6.15. The van der Waals surface area contributed by atoms with Crippen LogP contribution in [0.3, 0.4) is 0 Å². The molecule has 1 unspecified atom stereocenters. The van der Waals surface area contributed by atoms with Crippen LogP contribution in [-0.4, -0.2) is 54.5 Å². The van der Waals surface area contributed by atoms with Gasteiger partial charge in [-0.3, -0.25) is 4.21 Å². The number of nitrogens with zero attached hydrogens (tertiary/aromatic N) is 2. The summed E-state index contributed by atoms with van der Waals surface area (Å²) < 4.78 is 75.9. The number of rotatable bonds is 8. The number of halogens is 3. The highest BCUT2D eigenvalue weighted by atomic mass is 35.5. The van der Waals surface area contributed by atoms with Crippen molar-refractivity contribution in [2.45, 2.75) is 22.6 Å². The molecule has 0 aliphatic heterocycles. The first kappa shape index (κ1) is 23.2. The number of hydrogen-bond donors (Lipinski definition) is 2. The number of methoxy groups -OCH3 is 2. The first-order valence-electron chi connectivity index (χ1n) is 8.52. The van der Waals surface area contributed by atoms with Crippen LogP contribution in [0.15, 0.2) is 28.1 Å². The minimum Gasteiger partial charge on any atom is -0.481 e. The summed E-state index contributed by atoms with van der Waals surface area (Å²) >= 11 is 6.09. The average molecular weight is 495 g/mol. The predicted molar refractivity (Wildman–Crippen MR) is 111 cm³/mol. The lowest BCUT2D eigenvalue weighted by Crippen LogP contribution is -2.16. The first-order chi connectivity index (χ1) is 14.6. The van der Waals surface area contributed by atoms with Crippen molar-refractivity contribution in [3.05, 3.63) is 28.9 Å². The van der Waals surface area contributed by atoms with Crippen LogP contribution in [0.5, 0.6) is 11.8 Å². The van der Waals surface area contributed by atoms with Gasteiger partial charge in [0.1, 0.15) is 4.90 Å². The lowest BCUT2D eigenvalue weighted by molar-refractivity contribution is 0.146. The van der Waals surface area contributed by atoms with Gasteiger partial charge in [0, 0.05) is 24.3 Å². The number of alkyl halides is 2. The molecule has 2 heterocycles. The molecule has 0 fully saturated rings. The maximum Gasteiger partial charge on any atom is 0.266 e. The minimum absolute atomic E-state index is 0.0975. The number of ether oxygens (including phenoxy) is 2. The summed E-state index contributed by atoms with van der Waals surface area (Å²) in [6, 6.07) is 2.90. The highest BCUT2D eigenvalue weighted by Crippen LogP contribution is 2.33. The molecule has 3 aromatic rings. The number of fused-ring (bicyclic) bond motifs is 1. The molecule has 1 atom stereocenters. The number of nitrogens with one attached hydrogen (secondary N) is 2. The van der Waals surface area contributed by atoms with Crippen LogP contribution in [0.1, 0.15) is 5.56 Å². The Hall–Kier alpha value is -2.51. The summed E-state index contributed by atoms with van der Waals surface area (Å²) in [7, 11) is -3.33. The van der Waals surface area contributed by atoms with Gasteiger partial charge >= 0.3 is 0 Å². The molecule has 9 nitrogen and oxygen atoms in total. The molecule has 0 spiro atoms. The lowest BCUT2D eigenvalue weighted by Gasteiger charge is -2.13. The SMILES string of the molecule is COc1nc(NS(=O)(=O)c2c[nH]c3c(S(C)=O)c(Cl)ccc23)nc(OC)c1CC(F)F. The van der Waals surface area contributed by atoms with E-state index in [0.717, 1.165) is 0 Å². The highest BCUT2D eigenvalue weighted by molar-refractivity contribution is 7.93. The van der Waals surface area contributed by atoms with E-state index < -0.39 is 39.6 Å². The third kappa shape index (κ3) is 4.57. The van der Waals surface area contributed by atoms with E-state index in [4.69, 9.17) is 21.1 Å². The second-order valence-corrected chi connectivity index (χ2v) is 9.53. The van der Waals surface area contributed by atoms with Crippen molar-refractivity contribution in [2.75, 3.05) is 25.2 Å². The Morgan fingerprint density at radius 3 is 2.35 bits per heavy atom. The molecule has 0 radical (unpaired) electrons. The Labute approximate surface area is 183 Å². The molecule has 168 valence electrons. The fourth-order valence-electron chi connectivity index (χ4n) is 2.96. The average Bonchev–Trinajstić information content (AvgIpc) is 3.12. The Balaban J connectivity index is 2.07. The molecule has 2 aromatic heterocycles. The normalized spacial score (nSPS) is 12.9. The zero-order valence-electron chi connectivity index (χ0n) is 16.4. The van der Waals surface area contributed by atoms with E-state index in [-0.39, 0.29) is 37.5 Å². The standard InChI is InChI=1S/C17H17ClF2N4O5S2/c1-28-15-9(6-12(19)20)16(29-2)23-17(22-15)24-31(26,27)11-7-21-13-8(11)4-5-10(18)14(13)30(3)25/h4-5,7,12,21H,6H2,1-3H3,(H,22,23,24). The van der Waals surface area contributed by atoms with Crippen LogP contribution in [-0.2, 0) is 27.2 Å². The summed E-state index contributed by atoms with van der Waals surface area (Å²) in [6.07, 6.45) is -0.828. The predicted octanol–water partition coefficient (Wildman–Crippen LogP) is 2.97. The van der Waals surface area contributed by atoms with Crippen molar-refractivity contribution in [3.8, 4) is 11.8 Å². The maximum atomic E-state index is 13.0. The van der Waals surface area contributed by atoms with Crippen LogP contribution in [0.4, 0.5) is 14.7 Å². The first-order valence-corrected chi connectivity index (χ1v) is 11.9. The topological polar surface area (TPSA) is 123 Å². The van der Waals surface area contributed by atoms with E-state index >= 15 is 0 Å². The number of aromatic nitrogens is 3. The lowest BCUT2D eigenvalue weighted by atomic mass is 10.2. The van der Waals surface area contributed by atoms with E-state index in [1.54, 1.807) is 0 Å². The van der Waals surface area contributed by atoms with Gasteiger partial charge in [-0.15, -0.1) is 0 Å². The highest BCUT2D eigenvalue weighted by Gasteiger charge is 2.26. The van der Waals surface area contributed by atoms with E-state index in [2.05, 4.69) is 19.7 Å². The van der Waals surface area contributed by atoms with E-state index in [1.165, 1.54) is 38.8 Å². The van der Waals surface area contributed by atoms with Crippen molar-refractivity contribution in [2.24, 2.45) is 0 Å². The second kappa shape index (κ2) is 8.93. The fourth-order valence-corrected chi connectivity index (χ4v) is 5.35. The van der Waals surface area contributed by atoms with Crippen molar-refractivity contribution >= 4 is 49.3 Å². The van der Waals surface area contributed by atoms with E-state index in [0.29, 0.717) is 5.52 Å². The van der Waals surface area contributed by atoms with Crippen LogP contribution >= 0.6 is 11.6 Å².